The molecule has 0 atom stereocenters. The quantitative estimate of drug-likeness (QED) is 0.905. The van der Waals surface area contributed by atoms with Crippen LogP contribution in [0.2, 0.25) is 0 Å². The molecule has 1 aromatic heterocycles. The molecule has 1 aromatic carbocycles. The minimum atomic E-state index is -0.725. The first kappa shape index (κ1) is 15.3. The molecule has 5 heteroatoms. The second kappa shape index (κ2) is 5.69. The Balaban J connectivity index is 2.45. The fourth-order valence-corrected chi connectivity index (χ4v) is 2.03. The summed E-state index contributed by atoms with van der Waals surface area (Å²) in [6.07, 6.45) is 0.0994. The predicted octanol–water partition coefficient (Wildman–Crippen LogP) is 2.42. The third-order valence-electron chi connectivity index (χ3n) is 3.00. The summed E-state index contributed by atoms with van der Waals surface area (Å²) in [6, 6.07) is 9.33. The van der Waals surface area contributed by atoms with Crippen molar-refractivity contribution in [2.45, 2.75) is 39.3 Å². The number of ether oxygens (including phenoxy) is 1. The van der Waals surface area contributed by atoms with Crippen molar-refractivity contribution in [3.63, 3.8) is 0 Å². The molecule has 2 rings (SSSR count). The van der Waals surface area contributed by atoms with E-state index in [0.717, 1.165) is 11.3 Å². The Hall–Kier alpha value is -2.14. The molecule has 0 aliphatic rings. The summed E-state index contributed by atoms with van der Waals surface area (Å²) in [7, 11) is 0. The van der Waals surface area contributed by atoms with Gasteiger partial charge in [-0.1, -0.05) is 12.1 Å². The fraction of sp³-hybridized carbons (Fsp3) is 0.375. The van der Waals surface area contributed by atoms with Crippen LogP contribution in [0.5, 0.6) is 5.75 Å². The Kier molecular flexibility index (Phi) is 4.14. The van der Waals surface area contributed by atoms with Crippen LogP contribution < -0.4 is 16.0 Å². The van der Waals surface area contributed by atoms with E-state index in [0.29, 0.717) is 11.3 Å². The average molecular weight is 287 g/mol. The van der Waals surface area contributed by atoms with E-state index in [-0.39, 0.29) is 11.7 Å². The number of aromatic amines is 1. The van der Waals surface area contributed by atoms with Crippen molar-refractivity contribution in [3.05, 3.63) is 46.2 Å². The first-order valence-electron chi connectivity index (χ1n) is 6.93. The molecule has 0 fully saturated rings. The summed E-state index contributed by atoms with van der Waals surface area (Å²) in [5.74, 6) is 0.768. The first-order chi connectivity index (χ1) is 9.77. The van der Waals surface area contributed by atoms with Crippen LogP contribution in [0.1, 0.15) is 33.3 Å². The smallest absolute Gasteiger partial charge is 0.269 e. The largest absolute Gasteiger partial charge is 0.491 e. The SMILES string of the molecule is CC(C)Oc1cccc(-c2cc(C(C)(C)N)c(=O)[nH]n2)c1. The summed E-state index contributed by atoms with van der Waals surface area (Å²) >= 11 is 0. The molecule has 3 N–H and O–H groups in total. The van der Waals surface area contributed by atoms with Gasteiger partial charge < -0.3 is 10.5 Å². The topological polar surface area (TPSA) is 81.0 Å². The molecule has 0 amide bonds. The van der Waals surface area contributed by atoms with Crippen LogP contribution in [0, 0.1) is 0 Å². The predicted molar refractivity (Wildman–Crippen MR) is 83.3 cm³/mol. The molecule has 5 nitrogen and oxygen atoms in total. The second-order valence-electron chi connectivity index (χ2n) is 5.91. The molecule has 0 bridgehead atoms. The average Bonchev–Trinajstić information content (AvgIpc) is 2.37. The summed E-state index contributed by atoms with van der Waals surface area (Å²) in [4.78, 5) is 11.8. The number of hydrogen-bond donors (Lipinski definition) is 2. The molecule has 21 heavy (non-hydrogen) atoms. The zero-order valence-corrected chi connectivity index (χ0v) is 12.8. The number of H-pyrrole nitrogens is 1. The van der Waals surface area contributed by atoms with E-state index < -0.39 is 5.54 Å². The van der Waals surface area contributed by atoms with Gasteiger partial charge in [0.25, 0.3) is 5.56 Å². The minimum Gasteiger partial charge on any atom is -0.491 e. The monoisotopic (exact) mass is 287 g/mol. The standard InChI is InChI=1S/C16H21N3O2/c1-10(2)21-12-7-5-6-11(8-12)14-9-13(16(3,4)17)15(20)19-18-14/h5-10H,17H2,1-4H3,(H,19,20). The maximum absolute atomic E-state index is 11.8. The van der Waals surface area contributed by atoms with Crippen LogP contribution in [-0.4, -0.2) is 16.3 Å². The van der Waals surface area contributed by atoms with Crippen molar-refractivity contribution in [2.24, 2.45) is 5.73 Å². The Morgan fingerprint density at radius 2 is 2.00 bits per heavy atom. The lowest BCUT2D eigenvalue weighted by Crippen LogP contribution is -2.35. The summed E-state index contributed by atoms with van der Waals surface area (Å²) in [6.45, 7) is 7.53. The molecule has 112 valence electrons. The first-order valence-corrected chi connectivity index (χ1v) is 6.93. The number of nitrogens with two attached hydrogens (primary N) is 1. The van der Waals surface area contributed by atoms with Crippen molar-refractivity contribution < 1.29 is 4.74 Å². The van der Waals surface area contributed by atoms with Gasteiger partial charge in [0.05, 0.1) is 11.8 Å². The van der Waals surface area contributed by atoms with Gasteiger partial charge in [0.15, 0.2) is 0 Å². The number of rotatable bonds is 4. The summed E-state index contributed by atoms with van der Waals surface area (Å²) in [5.41, 5.74) is 7.08. The molecule has 0 aliphatic heterocycles. The van der Waals surface area contributed by atoms with Gasteiger partial charge in [-0.2, -0.15) is 5.10 Å². The highest BCUT2D eigenvalue weighted by atomic mass is 16.5. The molecule has 1 heterocycles. The Labute approximate surface area is 124 Å². The molecule has 0 saturated heterocycles. The maximum atomic E-state index is 11.8. The van der Waals surface area contributed by atoms with Crippen molar-refractivity contribution in [3.8, 4) is 17.0 Å². The van der Waals surface area contributed by atoms with E-state index in [1.54, 1.807) is 19.9 Å². The van der Waals surface area contributed by atoms with Crippen LogP contribution in [0.25, 0.3) is 11.3 Å². The number of aromatic nitrogens is 2. The number of nitrogens with one attached hydrogen (secondary N) is 1. The van der Waals surface area contributed by atoms with Gasteiger partial charge in [-0.15, -0.1) is 0 Å². The Morgan fingerprint density at radius 3 is 2.62 bits per heavy atom. The Bertz CT molecular complexity index is 684. The second-order valence-corrected chi connectivity index (χ2v) is 5.91. The third-order valence-corrected chi connectivity index (χ3v) is 3.00. The van der Waals surface area contributed by atoms with Gasteiger partial charge in [-0.05, 0) is 45.9 Å². The van der Waals surface area contributed by atoms with Crippen LogP contribution in [0.4, 0.5) is 0 Å². The number of benzene rings is 1. The van der Waals surface area contributed by atoms with Crippen LogP contribution >= 0.6 is 0 Å². The van der Waals surface area contributed by atoms with Gasteiger partial charge in [0.1, 0.15) is 5.75 Å². The highest BCUT2D eigenvalue weighted by Gasteiger charge is 2.19. The Morgan fingerprint density at radius 1 is 1.29 bits per heavy atom. The normalized spacial score (nSPS) is 11.7. The van der Waals surface area contributed by atoms with Crippen LogP contribution in [-0.2, 0) is 5.54 Å². The van der Waals surface area contributed by atoms with Crippen LogP contribution in [0.3, 0.4) is 0 Å². The highest BCUT2D eigenvalue weighted by molar-refractivity contribution is 5.61. The molecular weight excluding hydrogens is 266 g/mol. The van der Waals surface area contributed by atoms with Crippen molar-refractivity contribution in [1.29, 1.82) is 0 Å². The lowest BCUT2D eigenvalue weighted by atomic mass is 9.96. The number of nitrogens with zero attached hydrogens (tertiary/aromatic N) is 1. The molecule has 0 spiro atoms. The molecule has 0 aliphatic carbocycles. The van der Waals surface area contributed by atoms with Crippen molar-refractivity contribution in [1.82, 2.24) is 10.2 Å². The van der Waals surface area contributed by atoms with E-state index in [4.69, 9.17) is 10.5 Å². The summed E-state index contributed by atoms with van der Waals surface area (Å²) < 4.78 is 5.67. The van der Waals surface area contributed by atoms with Gasteiger partial charge in [0.2, 0.25) is 0 Å². The van der Waals surface area contributed by atoms with Crippen molar-refractivity contribution >= 4 is 0 Å². The third kappa shape index (κ3) is 3.70. The molecular formula is C16H21N3O2. The van der Waals surface area contributed by atoms with Crippen LogP contribution in [0.15, 0.2) is 35.1 Å². The molecule has 0 unspecified atom stereocenters. The highest BCUT2D eigenvalue weighted by Crippen LogP contribution is 2.24. The van der Waals surface area contributed by atoms with Gasteiger partial charge in [0, 0.05) is 16.7 Å². The molecule has 2 aromatic rings. The van der Waals surface area contributed by atoms with E-state index in [9.17, 15) is 4.79 Å². The molecule has 0 radical (unpaired) electrons. The van der Waals surface area contributed by atoms with Crippen molar-refractivity contribution in [2.75, 3.05) is 0 Å². The van der Waals surface area contributed by atoms with Gasteiger partial charge in [-0.3, -0.25) is 4.79 Å². The van der Waals surface area contributed by atoms with E-state index >= 15 is 0 Å². The maximum Gasteiger partial charge on any atom is 0.269 e. The lowest BCUT2D eigenvalue weighted by Gasteiger charge is -2.18. The summed E-state index contributed by atoms with van der Waals surface area (Å²) in [5, 5.41) is 6.60. The zero-order valence-electron chi connectivity index (χ0n) is 12.8. The fourth-order valence-electron chi connectivity index (χ4n) is 2.03. The van der Waals surface area contributed by atoms with E-state index in [1.165, 1.54) is 0 Å². The van der Waals surface area contributed by atoms with Gasteiger partial charge >= 0.3 is 0 Å². The minimum absolute atomic E-state index is 0.0994. The molecule has 0 saturated carbocycles. The van der Waals surface area contributed by atoms with E-state index in [2.05, 4.69) is 10.2 Å². The number of hydrogen-bond acceptors (Lipinski definition) is 4. The van der Waals surface area contributed by atoms with Gasteiger partial charge in [-0.25, -0.2) is 5.10 Å². The zero-order chi connectivity index (χ0) is 15.6. The lowest BCUT2D eigenvalue weighted by molar-refractivity contribution is 0.242. The van der Waals surface area contributed by atoms with E-state index in [1.807, 2.05) is 38.1 Å².